The van der Waals surface area contributed by atoms with Crippen LogP contribution in [-0.2, 0) is 6.42 Å². The molecule has 1 aromatic carbocycles. The first-order valence-corrected chi connectivity index (χ1v) is 7.73. The monoisotopic (exact) mass is 266 g/mol. The Balaban J connectivity index is 0.000000357. The van der Waals surface area contributed by atoms with E-state index >= 15 is 0 Å². The van der Waals surface area contributed by atoms with Crippen molar-refractivity contribution in [2.45, 2.75) is 44.9 Å². The summed E-state index contributed by atoms with van der Waals surface area (Å²) < 4.78 is 3.12. The second kappa shape index (κ2) is 8.44. The Bertz CT molecular complexity index is 336. The van der Waals surface area contributed by atoms with Crippen molar-refractivity contribution in [1.82, 2.24) is 4.72 Å². The van der Waals surface area contributed by atoms with Gasteiger partial charge in [-0.1, -0.05) is 45.7 Å². The van der Waals surface area contributed by atoms with Crippen molar-refractivity contribution in [1.29, 1.82) is 0 Å². The Hall–Kier alpha value is -0.670. The minimum absolute atomic E-state index is 0.748. The molecule has 2 nitrogen and oxygen atoms in total. The van der Waals surface area contributed by atoms with Crippen molar-refractivity contribution in [3.63, 3.8) is 0 Å². The summed E-state index contributed by atoms with van der Waals surface area (Å²) in [6.45, 7) is 7.74. The number of fused-ring (bicyclic) bond motifs is 1. The third-order valence-corrected chi connectivity index (χ3v) is 3.78. The van der Waals surface area contributed by atoms with E-state index in [9.17, 15) is 0 Å². The number of para-hydroxylation sites is 1. The molecule has 102 valence electrons. The largest absolute Gasteiger partial charge is 0.384 e. The Labute approximate surface area is 116 Å². The molecule has 0 bridgehead atoms. The minimum atomic E-state index is 0.748. The first-order valence-electron chi connectivity index (χ1n) is 6.92. The van der Waals surface area contributed by atoms with Gasteiger partial charge in [0, 0.05) is 11.4 Å². The van der Waals surface area contributed by atoms with E-state index in [1.54, 1.807) is 11.9 Å². The molecule has 1 aromatic rings. The van der Waals surface area contributed by atoms with Crippen LogP contribution in [-0.4, -0.2) is 13.6 Å². The van der Waals surface area contributed by atoms with Crippen LogP contribution in [0, 0.1) is 5.92 Å². The van der Waals surface area contributed by atoms with E-state index in [2.05, 4.69) is 49.0 Å². The van der Waals surface area contributed by atoms with Gasteiger partial charge >= 0.3 is 0 Å². The predicted molar refractivity (Wildman–Crippen MR) is 83.3 cm³/mol. The summed E-state index contributed by atoms with van der Waals surface area (Å²) in [5, 5.41) is 3.50. The van der Waals surface area contributed by atoms with Gasteiger partial charge in [0.25, 0.3) is 0 Å². The van der Waals surface area contributed by atoms with Crippen LogP contribution in [0.5, 0.6) is 0 Å². The van der Waals surface area contributed by atoms with Gasteiger partial charge in [0.1, 0.15) is 0 Å². The van der Waals surface area contributed by atoms with Crippen molar-refractivity contribution >= 4 is 17.6 Å². The highest BCUT2D eigenvalue weighted by atomic mass is 32.2. The highest BCUT2D eigenvalue weighted by molar-refractivity contribution is 7.97. The SMILES string of the molecule is CCCC.CNSc1cccc2c1NCC(C)C2. The zero-order chi connectivity index (χ0) is 13.4. The average molecular weight is 266 g/mol. The highest BCUT2D eigenvalue weighted by Crippen LogP contribution is 2.32. The molecule has 1 aliphatic heterocycles. The molecule has 0 aliphatic carbocycles. The van der Waals surface area contributed by atoms with Crippen molar-refractivity contribution in [3.05, 3.63) is 23.8 Å². The zero-order valence-corrected chi connectivity index (χ0v) is 12.9. The number of benzene rings is 1. The lowest BCUT2D eigenvalue weighted by molar-refractivity contribution is 0.592. The summed E-state index contributed by atoms with van der Waals surface area (Å²) in [6, 6.07) is 6.51. The topological polar surface area (TPSA) is 24.1 Å². The third kappa shape index (κ3) is 4.54. The number of hydrogen-bond acceptors (Lipinski definition) is 3. The average Bonchev–Trinajstić information content (AvgIpc) is 2.39. The van der Waals surface area contributed by atoms with Crippen molar-refractivity contribution < 1.29 is 0 Å². The van der Waals surface area contributed by atoms with Crippen LogP contribution in [0.25, 0.3) is 0 Å². The lowest BCUT2D eigenvalue weighted by Crippen LogP contribution is -2.21. The first kappa shape index (κ1) is 15.4. The van der Waals surface area contributed by atoms with Crippen LogP contribution >= 0.6 is 11.9 Å². The van der Waals surface area contributed by atoms with E-state index in [-0.39, 0.29) is 0 Å². The molecule has 3 heteroatoms. The molecule has 1 atom stereocenters. The Kier molecular flexibility index (Phi) is 7.21. The summed E-state index contributed by atoms with van der Waals surface area (Å²) in [5.74, 6) is 0.748. The van der Waals surface area contributed by atoms with Crippen LogP contribution in [0.3, 0.4) is 0 Å². The Morgan fingerprint density at radius 1 is 1.33 bits per heavy atom. The Morgan fingerprint density at radius 3 is 2.67 bits per heavy atom. The summed E-state index contributed by atoms with van der Waals surface area (Å²) >= 11 is 1.68. The molecule has 0 aromatic heterocycles. The quantitative estimate of drug-likeness (QED) is 0.797. The molecule has 18 heavy (non-hydrogen) atoms. The molecule has 0 saturated carbocycles. The standard InChI is InChI=1S/C11H16N2S.C4H10/c1-8-6-9-4-3-5-10(14-12-2)11(9)13-7-8;1-3-4-2/h3-5,8,12-13H,6-7H2,1-2H3;3-4H2,1-2H3. The van der Waals surface area contributed by atoms with Crippen LogP contribution in [0.15, 0.2) is 23.1 Å². The van der Waals surface area contributed by atoms with Crippen molar-refractivity contribution in [3.8, 4) is 0 Å². The molecule has 0 fully saturated rings. The van der Waals surface area contributed by atoms with Crippen molar-refractivity contribution in [2.75, 3.05) is 18.9 Å². The summed E-state index contributed by atoms with van der Waals surface area (Å²) in [7, 11) is 1.95. The number of anilines is 1. The molecule has 1 unspecified atom stereocenters. The maximum Gasteiger partial charge on any atom is 0.0524 e. The molecule has 1 aliphatic rings. The fourth-order valence-corrected chi connectivity index (χ4v) is 2.54. The number of nitrogens with one attached hydrogen (secondary N) is 2. The molecule has 0 amide bonds. The maximum atomic E-state index is 3.50. The van der Waals surface area contributed by atoms with Gasteiger partial charge in [-0.3, -0.25) is 4.72 Å². The van der Waals surface area contributed by atoms with E-state index in [1.165, 1.54) is 35.4 Å². The summed E-state index contributed by atoms with van der Waals surface area (Å²) in [6.07, 6.45) is 3.83. The Morgan fingerprint density at radius 2 is 2.06 bits per heavy atom. The van der Waals surface area contributed by atoms with Crippen LogP contribution < -0.4 is 10.0 Å². The van der Waals surface area contributed by atoms with E-state index in [4.69, 9.17) is 0 Å². The molecule has 0 saturated heterocycles. The van der Waals surface area contributed by atoms with Crippen LogP contribution in [0.1, 0.15) is 39.2 Å². The number of hydrogen-bond donors (Lipinski definition) is 2. The highest BCUT2D eigenvalue weighted by Gasteiger charge is 2.16. The second-order valence-corrected chi connectivity index (χ2v) is 5.84. The van der Waals surface area contributed by atoms with Gasteiger partial charge in [0.2, 0.25) is 0 Å². The lowest BCUT2D eigenvalue weighted by Gasteiger charge is -2.25. The third-order valence-electron chi connectivity index (χ3n) is 3.02. The fraction of sp³-hybridized carbons (Fsp3) is 0.600. The van der Waals surface area contributed by atoms with E-state index in [0.29, 0.717) is 0 Å². The van der Waals surface area contributed by atoms with Gasteiger partial charge in [0.15, 0.2) is 0 Å². The van der Waals surface area contributed by atoms with Crippen molar-refractivity contribution in [2.24, 2.45) is 5.92 Å². The molecule has 0 spiro atoms. The molecule has 0 radical (unpaired) electrons. The van der Waals surface area contributed by atoms with Crippen LogP contribution in [0.2, 0.25) is 0 Å². The van der Waals surface area contributed by atoms with E-state index in [1.807, 2.05) is 7.05 Å². The lowest BCUT2D eigenvalue weighted by atomic mass is 9.96. The normalized spacial score (nSPS) is 17.2. The first-order chi connectivity index (χ1) is 8.72. The predicted octanol–water partition coefficient (Wildman–Crippen LogP) is 4.32. The fourth-order valence-electron chi connectivity index (χ4n) is 1.87. The summed E-state index contributed by atoms with van der Waals surface area (Å²) in [4.78, 5) is 1.30. The second-order valence-electron chi connectivity index (χ2n) is 4.79. The number of unbranched alkanes of at least 4 members (excludes halogenated alkanes) is 1. The number of rotatable bonds is 3. The molecule has 1 heterocycles. The zero-order valence-electron chi connectivity index (χ0n) is 12.0. The van der Waals surface area contributed by atoms with Gasteiger partial charge in [-0.2, -0.15) is 0 Å². The van der Waals surface area contributed by atoms with Crippen LogP contribution in [0.4, 0.5) is 5.69 Å². The van der Waals surface area contributed by atoms with E-state index in [0.717, 1.165) is 12.5 Å². The van der Waals surface area contributed by atoms with Gasteiger partial charge in [-0.25, -0.2) is 0 Å². The van der Waals surface area contributed by atoms with E-state index < -0.39 is 0 Å². The minimum Gasteiger partial charge on any atom is -0.384 e. The van der Waals surface area contributed by atoms with Gasteiger partial charge < -0.3 is 5.32 Å². The smallest absolute Gasteiger partial charge is 0.0524 e. The van der Waals surface area contributed by atoms with Gasteiger partial charge in [0.05, 0.1) is 5.69 Å². The molecular formula is C15H26N2S. The molecular weight excluding hydrogens is 240 g/mol. The van der Waals surface area contributed by atoms with Gasteiger partial charge in [-0.15, -0.1) is 0 Å². The molecule has 2 N–H and O–H groups in total. The summed E-state index contributed by atoms with van der Waals surface area (Å²) in [5.41, 5.74) is 2.77. The molecule has 2 rings (SSSR count). The van der Waals surface area contributed by atoms with Gasteiger partial charge in [-0.05, 0) is 43.0 Å². The maximum absolute atomic E-state index is 3.50.